The molecule has 0 aromatic heterocycles. The minimum absolute atomic E-state index is 0.369. The van der Waals surface area contributed by atoms with Gasteiger partial charge in [-0.15, -0.1) is 0 Å². The molecule has 0 radical (unpaired) electrons. The zero-order valence-electron chi connectivity index (χ0n) is 52.4. The van der Waals surface area contributed by atoms with Gasteiger partial charge in [-0.05, 0) is 126 Å². The van der Waals surface area contributed by atoms with Crippen molar-refractivity contribution in [3.63, 3.8) is 0 Å². The van der Waals surface area contributed by atoms with Gasteiger partial charge < -0.3 is 0 Å². The van der Waals surface area contributed by atoms with E-state index in [2.05, 4.69) is 301 Å². The maximum Gasteiger partial charge on any atom is -0.0184 e. The molecule has 0 amide bonds. The van der Waals surface area contributed by atoms with E-state index in [9.17, 15) is 0 Å². The van der Waals surface area contributed by atoms with Crippen molar-refractivity contribution in [2.24, 2.45) is 43.3 Å². The highest BCUT2D eigenvalue weighted by Gasteiger charge is 2.18. The molecule has 0 aliphatic carbocycles. The van der Waals surface area contributed by atoms with E-state index in [-0.39, 0.29) is 0 Å². The van der Waals surface area contributed by atoms with Crippen molar-refractivity contribution in [1.82, 2.24) is 0 Å². The molecule has 0 aliphatic rings. The van der Waals surface area contributed by atoms with E-state index >= 15 is 0 Å². The van der Waals surface area contributed by atoms with Crippen LogP contribution in [-0.4, -0.2) is 0 Å². The van der Waals surface area contributed by atoms with Crippen LogP contribution in [0.4, 0.5) is 0 Å². The average molecular weight is 982 g/mol. The summed E-state index contributed by atoms with van der Waals surface area (Å²) in [5, 5.41) is 0. The first-order valence-corrected chi connectivity index (χ1v) is 27.9. The van der Waals surface area contributed by atoms with E-state index in [0.717, 1.165) is 25.7 Å². The number of benzene rings is 5. The predicted octanol–water partition coefficient (Wildman–Crippen LogP) is 22.8. The maximum absolute atomic E-state index is 2.37. The van der Waals surface area contributed by atoms with E-state index in [1.807, 2.05) is 12.1 Å². The summed E-state index contributed by atoms with van der Waals surface area (Å²) in [7, 11) is 0. The molecule has 0 atom stereocenters. The first-order chi connectivity index (χ1) is 32.6. The first kappa shape index (κ1) is 68.1. The van der Waals surface area contributed by atoms with Crippen molar-refractivity contribution < 1.29 is 0 Å². The summed E-state index contributed by atoms with van der Waals surface area (Å²) in [6.45, 7) is 59.2. The second-order valence-electron chi connectivity index (χ2n) is 30.4. The summed E-state index contributed by atoms with van der Waals surface area (Å²) in [5.41, 5.74) is 14.8. The van der Waals surface area contributed by atoms with Crippen LogP contribution in [0.15, 0.2) is 133 Å². The molecule has 0 N–H and O–H groups in total. The predicted molar refractivity (Wildman–Crippen MR) is 330 cm³/mol. The van der Waals surface area contributed by atoms with E-state index in [1.165, 1.54) is 70.2 Å². The van der Waals surface area contributed by atoms with Crippen LogP contribution in [0.2, 0.25) is 0 Å². The third-order valence-corrected chi connectivity index (χ3v) is 11.5. The second kappa shape index (κ2) is 30.5. The highest BCUT2D eigenvalue weighted by Crippen LogP contribution is 2.29. The number of hydrogen-bond donors (Lipinski definition) is 0. The maximum atomic E-state index is 2.37. The molecule has 5 aromatic rings. The van der Waals surface area contributed by atoms with Crippen LogP contribution in [-0.2, 0) is 38.5 Å². The summed E-state index contributed by atoms with van der Waals surface area (Å²) >= 11 is 0. The van der Waals surface area contributed by atoms with Crippen LogP contribution in [0.3, 0.4) is 0 Å². The van der Waals surface area contributed by atoms with E-state index < -0.39 is 0 Å². The normalized spacial score (nSPS) is 12.2. The molecule has 0 heterocycles. The Hall–Kier alpha value is -3.90. The van der Waals surface area contributed by atoms with Crippen LogP contribution >= 0.6 is 0 Å². The minimum Gasteiger partial charge on any atom is -0.0649 e. The van der Waals surface area contributed by atoms with Gasteiger partial charge in [-0.25, -0.2) is 0 Å². The Bertz CT molecular complexity index is 1970. The van der Waals surface area contributed by atoms with Gasteiger partial charge in [-0.2, -0.15) is 0 Å². The Labute approximate surface area is 450 Å². The van der Waals surface area contributed by atoms with Crippen LogP contribution < -0.4 is 0 Å². The topological polar surface area (TPSA) is 0 Å². The molecule has 0 spiro atoms. The molecule has 0 heteroatoms. The Balaban J connectivity index is 0.000000870. The average Bonchev–Trinajstić information content (AvgIpc) is 3.20. The lowest BCUT2D eigenvalue weighted by molar-refractivity contribution is 0.392. The van der Waals surface area contributed by atoms with Crippen molar-refractivity contribution in [2.75, 3.05) is 0 Å². The Morgan fingerprint density at radius 3 is 0.667 bits per heavy atom. The van der Waals surface area contributed by atoms with Crippen molar-refractivity contribution in [1.29, 1.82) is 0 Å². The molecule has 0 fully saturated rings. The van der Waals surface area contributed by atoms with Gasteiger partial charge >= 0.3 is 0 Å². The number of hydrogen-bond acceptors (Lipinski definition) is 0. The van der Waals surface area contributed by atoms with Gasteiger partial charge in [0.15, 0.2) is 0 Å². The molecular weight excluding hydrogens is 865 g/mol. The Kier molecular flexibility index (Phi) is 28.8. The fourth-order valence-electron chi connectivity index (χ4n) is 7.38. The zero-order valence-corrected chi connectivity index (χ0v) is 52.4. The van der Waals surface area contributed by atoms with Crippen molar-refractivity contribution in [3.05, 3.63) is 167 Å². The summed E-state index contributed by atoms with van der Waals surface area (Å²) in [4.78, 5) is 0. The molecule has 404 valence electrons. The summed E-state index contributed by atoms with van der Waals surface area (Å²) < 4.78 is 0. The van der Waals surface area contributed by atoms with E-state index in [0.29, 0.717) is 43.3 Å². The third kappa shape index (κ3) is 40.6. The van der Waals surface area contributed by atoms with Gasteiger partial charge in [0.25, 0.3) is 0 Å². The molecule has 72 heavy (non-hydrogen) atoms. The molecule has 5 aromatic carbocycles. The lowest BCUT2D eigenvalue weighted by Gasteiger charge is -2.24. The molecule has 0 saturated carbocycles. The molecule has 0 unspecified atom stereocenters. The van der Waals surface area contributed by atoms with Crippen LogP contribution in [0.1, 0.15) is 226 Å². The van der Waals surface area contributed by atoms with E-state index in [4.69, 9.17) is 0 Å². The fraction of sp³-hybridized carbons (Fsp3) is 0.583. The van der Waals surface area contributed by atoms with Crippen LogP contribution in [0.5, 0.6) is 0 Å². The third-order valence-electron chi connectivity index (χ3n) is 11.5. The molecule has 5 rings (SSSR count). The molecule has 0 aliphatic heterocycles. The smallest absolute Gasteiger partial charge is 0.0184 e. The summed E-state index contributed by atoms with van der Waals surface area (Å²) in [6.07, 6.45) is 9.50. The molecular formula is C72H116. The Morgan fingerprint density at radius 1 is 0.222 bits per heavy atom. The first-order valence-electron chi connectivity index (χ1n) is 27.9. The highest BCUT2D eigenvalue weighted by atomic mass is 14.2. The van der Waals surface area contributed by atoms with Crippen LogP contribution in [0.25, 0.3) is 11.1 Å². The van der Waals surface area contributed by atoms with Crippen molar-refractivity contribution >= 4 is 0 Å². The number of rotatable bonds is 7. The van der Waals surface area contributed by atoms with Crippen molar-refractivity contribution in [3.8, 4) is 11.1 Å². The monoisotopic (exact) mass is 981 g/mol. The summed E-state index contributed by atoms with van der Waals surface area (Å²) in [5.74, 6) is 0. The quantitative estimate of drug-likeness (QED) is 0.152. The molecule has 0 saturated heterocycles. The largest absolute Gasteiger partial charge is 0.0649 e. The highest BCUT2D eigenvalue weighted by molar-refractivity contribution is 5.62. The lowest BCUT2D eigenvalue weighted by Crippen LogP contribution is -2.15. The second-order valence-corrected chi connectivity index (χ2v) is 30.4. The van der Waals surface area contributed by atoms with Crippen molar-refractivity contribution in [2.45, 2.75) is 231 Å². The van der Waals surface area contributed by atoms with Crippen LogP contribution in [0, 0.1) is 43.3 Å². The minimum atomic E-state index is 0.369. The summed E-state index contributed by atoms with van der Waals surface area (Å²) in [6, 6.07) is 47.9. The van der Waals surface area contributed by atoms with Gasteiger partial charge in [-0.1, -0.05) is 326 Å². The zero-order chi connectivity index (χ0) is 55.8. The molecule has 0 nitrogen and oxygen atoms in total. The van der Waals surface area contributed by atoms with Gasteiger partial charge in [0.2, 0.25) is 0 Å². The SMILES string of the molecule is CC(C)(C)Cc1ccc(CC(C)(C)C)cc1.CC(C)(C)Cc1cccc(CC(C)(C)C)c1.CC(C)(C)Cc1ccccc1CC(C)(C)C.CCC(C)(C)C.CCC(C)(C)C.c1ccc(-c2ccccc2)cc1. The van der Waals surface area contributed by atoms with Gasteiger partial charge in [0.1, 0.15) is 0 Å². The van der Waals surface area contributed by atoms with Gasteiger partial charge in [0.05, 0.1) is 0 Å². The fourth-order valence-corrected chi connectivity index (χ4v) is 7.38. The lowest BCUT2D eigenvalue weighted by atomic mass is 9.81. The Morgan fingerprint density at radius 2 is 0.444 bits per heavy atom. The van der Waals surface area contributed by atoms with E-state index in [1.54, 1.807) is 0 Å². The molecule has 0 bridgehead atoms. The van der Waals surface area contributed by atoms with Gasteiger partial charge in [0, 0.05) is 0 Å². The van der Waals surface area contributed by atoms with Gasteiger partial charge in [-0.3, -0.25) is 0 Å². The standard InChI is InChI=1S/3C16H26.C12H10.2C6H14/c1-15(2,3)11-13-7-9-14(10-8-13)12-16(4,5)6;1-15(2,3)11-13-8-7-9-14(10-13)12-16(4,5)6;1-15(2,3)11-13-9-7-8-10-14(13)12-16(4,5)6;1-3-7-11(8-4-1)12-9-5-2-6-10-12;2*1-5-6(2,3)4/h3*7-10H,11-12H2,1-6H3;1-10H;2*5H2,1-4H3.